The fourth-order valence-electron chi connectivity index (χ4n) is 17.7. The van der Waals surface area contributed by atoms with Gasteiger partial charge in [-0.1, -0.05) is 548 Å². The van der Waals surface area contributed by atoms with Crippen molar-refractivity contribution in [1.29, 1.82) is 0 Å². The highest BCUT2D eigenvalue weighted by Gasteiger charge is 2.23. The van der Waals surface area contributed by atoms with E-state index in [1.807, 2.05) is 0 Å². The lowest BCUT2D eigenvalue weighted by atomic mass is 10.0. The van der Waals surface area contributed by atoms with E-state index in [1.54, 1.807) is 0 Å². The summed E-state index contributed by atoms with van der Waals surface area (Å²) in [6, 6.07) is 0. The maximum absolute atomic E-state index is 13.3. The number of esters is 4. The number of carbonyl (C=O) groups is 6. The van der Waals surface area contributed by atoms with Crippen LogP contribution >= 0.6 is 0 Å². The summed E-state index contributed by atoms with van der Waals surface area (Å²) in [6.45, 7) is 11.4. The molecule has 0 N–H and O–H groups in total. The minimum Gasteiger partial charge on any atom is -0.462 e. The molecule has 0 aliphatic heterocycles. The van der Waals surface area contributed by atoms with Crippen LogP contribution in [0.2, 0.25) is 0 Å². The SMILES string of the molecule is CCCCCCCCCCCCCCCCCCCCCC(=O)OCC(CC(=O)CCCCCCCCCCCCCCCCCCC(=O)CC(COC(=O)CCCCCCCCCCCCCCC(C)C)OC(=O)CCCCCCCCCCCCCCCCCCCCC)OC(=O)CCCCCCCCCCCCCCCCCCCCC. The molecule has 2 unspecified atom stereocenters. The molecule has 0 saturated heterocycles. The normalized spacial score (nSPS) is 12.1. The van der Waals surface area contributed by atoms with Gasteiger partial charge in [0.2, 0.25) is 0 Å². The molecule has 0 aromatic heterocycles. The van der Waals surface area contributed by atoms with Gasteiger partial charge in [-0.05, 0) is 44.4 Å². The summed E-state index contributed by atoms with van der Waals surface area (Å²) in [4.78, 5) is 78.8. The van der Waals surface area contributed by atoms with Crippen LogP contribution in [0, 0.1) is 5.92 Å². The number of unbranched alkanes of at least 4 members (excludes halogenated alkanes) is 80. The first-order valence-corrected chi connectivity index (χ1v) is 54.7. The highest BCUT2D eigenvalue weighted by Crippen LogP contribution is 2.24. The molecule has 0 saturated carbocycles. The van der Waals surface area contributed by atoms with Crippen LogP contribution in [0.1, 0.15) is 638 Å². The molecule has 10 heteroatoms. The molecule has 0 fully saturated rings. The summed E-state index contributed by atoms with van der Waals surface area (Å²) in [7, 11) is 0. The molecule has 2 atom stereocenters. The Morgan fingerprint density at radius 2 is 0.317 bits per heavy atom. The summed E-state index contributed by atoms with van der Waals surface area (Å²) >= 11 is 0. The van der Waals surface area contributed by atoms with Gasteiger partial charge in [-0.3, -0.25) is 28.8 Å². The number of rotatable bonds is 104. The maximum atomic E-state index is 13.3. The van der Waals surface area contributed by atoms with Crippen molar-refractivity contribution in [2.45, 2.75) is 650 Å². The van der Waals surface area contributed by atoms with Gasteiger partial charge in [-0.15, -0.1) is 0 Å². The van der Waals surface area contributed by atoms with Gasteiger partial charge in [0.25, 0.3) is 0 Å². The zero-order chi connectivity index (χ0) is 86.9. The highest BCUT2D eigenvalue weighted by atomic mass is 16.6. The van der Waals surface area contributed by atoms with E-state index in [0.717, 1.165) is 121 Å². The van der Waals surface area contributed by atoms with Gasteiger partial charge in [-0.2, -0.15) is 0 Å². The number of carbonyl (C=O) groups excluding carboxylic acids is 6. The number of ketones is 2. The molecule has 0 rings (SSSR count). The first-order chi connectivity index (χ1) is 59.0. The molecule has 0 aliphatic rings. The lowest BCUT2D eigenvalue weighted by Gasteiger charge is -2.18. The number of Topliss-reactive ketones (excluding diaryl/α,β-unsaturated/α-hetero) is 2. The standard InChI is InChI=1S/C110H210O10/c1-6-9-12-15-18-21-24-27-30-33-36-39-46-51-59-66-73-80-87-94-107(113)117-100-105(119-109(115)96-89-82-75-68-61-52-47-40-37-34-31-28-25-22-19-16-13-10-7-2)98-103(111)92-85-78-71-64-57-49-44-42-43-45-50-58-65-72-79-86-93-104(112)99-106(101-118-108(114)95-88-81-74-67-60-55-54-56-63-70-77-84-91-102(4)5)120-110(116)97-90-83-76-69-62-53-48-41-38-35-32-29-26-23-20-17-14-11-8-3/h102,105-106H,6-101H2,1-5H3. The van der Waals surface area contributed by atoms with Gasteiger partial charge < -0.3 is 18.9 Å². The van der Waals surface area contributed by atoms with E-state index in [0.29, 0.717) is 38.5 Å². The Bertz CT molecular complexity index is 2100. The molecule has 0 aromatic rings. The van der Waals surface area contributed by atoms with Gasteiger partial charge in [0.05, 0.1) is 0 Å². The van der Waals surface area contributed by atoms with Gasteiger partial charge in [0.1, 0.15) is 37.0 Å². The Morgan fingerprint density at radius 1 is 0.175 bits per heavy atom. The van der Waals surface area contributed by atoms with Crippen LogP contribution in [0.5, 0.6) is 0 Å². The summed E-state index contributed by atoms with van der Waals surface area (Å²) in [5, 5.41) is 0. The monoisotopic (exact) mass is 1690 g/mol. The number of ether oxygens (including phenoxy) is 4. The molecule has 0 radical (unpaired) electrons. The van der Waals surface area contributed by atoms with Gasteiger partial charge in [-0.25, -0.2) is 0 Å². The largest absolute Gasteiger partial charge is 0.462 e. The van der Waals surface area contributed by atoms with Crippen molar-refractivity contribution in [3.63, 3.8) is 0 Å². The van der Waals surface area contributed by atoms with E-state index in [-0.39, 0.29) is 61.5 Å². The smallest absolute Gasteiger partial charge is 0.306 e. The van der Waals surface area contributed by atoms with E-state index in [2.05, 4.69) is 34.6 Å². The van der Waals surface area contributed by atoms with Crippen molar-refractivity contribution in [1.82, 2.24) is 0 Å². The number of hydrogen-bond acceptors (Lipinski definition) is 10. The Balaban J connectivity index is 4.65. The average molecular weight is 1690 g/mol. The first kappa shape index (κ1) is 117. The van der Waals surface area contributed by atoms with Crippen molar-refractivity contribution in [3.05, 3.63) is 0 Å². The minimum absolute atomic E-state index is 0.0353. The van der Waals surface area contributed by atoms with Crippen molar-refractivity contribution < 1.29 is 47.7 Å². The first-order valence-electron chi connectivity index (χ1n) is 54.7. The third-order valence-corrected chi connectivity index (χ3v) is 25.9. The van der Waals surface area contributed by atoms with Crippen LogP contribution in [0.3, 0.4) is 0 Å². The van der Waals surface area contributed by atoms with E-state index in [4.69, 9.17) is 18.9 Å². The van der Waals surface area contributed by atoms with E-state index in [1.165, 1.54) is 437 Å². The quantitative estimate of drug-likeness (QED) is 0.0328. The average Bonchev–Trinajstić information content (AvgIpc) is 0.936. The topological polar surface area (TPSA) is 139 Å². The molecular formula is C110H210O10. The molecule has 0 spiro atoms. The van der Waals surface area contributed by atoms with Crippen molar-refractivity contribution in [2.75, 3.05) is 13.2 Å². The Kier molecular flexibility index (Phi) is 97.7. The third kappa shape index (κ3) is 97.4. The Hall–Kier alpha value is -2.78. The summed E-state index contributed by atoms with van der Waals surface area (Å²) in [5.74, 6) is -0.0642. The van der Waals surface area contributed by atoms with Crippen LogP contribution in [-0.2, 0) is 47.7 Å². The highest BCUT2D eigenvalue weighted by molar-refractivity contribution is 5.80. The predicted octanol–water partition coefficient (Wildman–Crippen LogP) is 36.4. The molecule has 0 aromatic carbocycles. The molecule has 0 amide bonds. The fraction of sp³-hybridized carbons (Fsp3) is 0.945. The predicted molar refractivity (Wildman–Crippen MR) is 518 cm³/mol. The van der Waals surface area contributed by atoms with Crippen molar-refractivity contribution in [2.24, 2.45) is 5.92 Å². The Labute approximate surface area is 748 Å². The minimum atomic E-state index is -0.715. The molecular weight excluding hydrogens is 1480 g/mol. The van der Waals surface area contributed by atoms with Gasteiger partial charge in [0.15, 0.2) is 0 Å². The maximum Gasteiger partial charge on any atom is 0.306 e. The van der Waals surface area contributed by atoms with Crippen LogP contribution in [-0.4, -0.2) is 60.9 Å². The molecule has 0 aliphatic carbocycles. The van der Waals surface area contributed by atoms with Crippen molar-refractivity contribution >= 4 is 35.4 Å². The zero-order valence-corrected chi connectivity index (χ0v) is 81.7. The van der Waals surface area contributed by atoms with E-state index in [9.17, 15) is 28.8 Å². The number of hydrogen-bond donors (Lipinski definition) is 0. The second-order valence-corrected chi connectivity index (χ2v) is 38.7. The summed E-state index contributed by atoms with van der Waals surface area (Å²) in [5.41, 5.74) is 0. The Morgan fingerprint density at radius 3 is 0.483 bits per heavy atom. The lowest BCUT2D eigenvalue weighted by Crippen LogP contribution is -2.28. The molecule has 0 bridgehead atoms. The van der Waals surface area contributed by atoms with Crippen LogP contribution in [0.15, 0.2) is 0 Å². The second kappa shape index (κ2) is 100.0. The molecule has 710 valence electrons. The van der Waals surface area contributed by atoms with E-state index < -0.39 is 12.2 Å². The molecule has 0 heterocycles. The second-order valence-electron chi connectivity index (χ2n) is 38.7. The van der Waals surface area contributed by atoms with Crippen molar-refractivity contribution in [3.8, 4) is 0 Å². The lowest BCUT2D eigenvalue weighted by molar-refractivity contribution is -0.160. The summed E-state index contributed by atoms with van der Waals surface area (Å²) < 4.78 is 23.2. The van der Waals surface area contributed by atoms with E-state index >= 15 is 0 Å². The molecule has 120 heavy (non-hydrogen) atoms. The van der Waals surface area contributed by atoms with Gasteiger partial charge >= 0.3 is 23.9 Å². The molecule has 10 nitrogen and oxygen atoms in total. The van der Waals surface area contributed by atoms with Crippen LogP contribution in [0.4, 0.5) is 0 Å². The van der Waals surface area contributed by atoms with Gasteiger partial charge in [0, 0.05) is 51.4 Å². The van der Waals surface area contributed by atoms with Crippen LogP contribution < -0.4 is 0 Å². The fourth-order valence-corrected chi connectivity index (χ4v) is 17.7. The zero-order valence-electron chi connectivity index (χ0n) is 81.7. The van der Waals surface area contributed by atoms with Crippen LogP contribution in [0.25, 0.3) is 0 Å². The third-order valence-electron chi connectivity index (χ3n) is 25.9. The summed E-state index contributed by atoms with van der Waals surface area (Å²) in [6.07, 6.45) is 111.